The van der Waals surface area contributed by atoms with Crippen molar-refractivity contribution in [3.63, 3.8) is 0 Å². The van der Waals surface area contributed by atoms with E-state index in [0.717, 1.165) is 6.07 Å². The van der Waals surface area contributed by atoms with Crippen molar-refractivity contribution in [1.29, 1.82) is 0 Å². The van der Waals surface area contributed by atoms with Gasteiger partial charge in [0.05, 0.1) is 17.6 Å². The molecule has 0 unspecified atom stereocenters. The molecule has 1 aromatic rings. The molecule has 1 aromatic carbocycles. The minimum Gasteiger partial charge on any atom is -0.496 e. The van der Waals surface area contributed by atoms with Gasteiger partial charge in [-0.3, -0.25) is 4.79 Å². The maximum Gasteiger partial charge on any atom is 0.261 e. The average molecular weight is 250 g/mol. The number of carbonyl (C=O) groups excluding carboxylic acids is 1. The third-order valence-corrected chi connectivity index (χ3v) is 3.07. The number of methoxy groups -OCH3 is 1. The maximum atomic E-state index is 11.0. The normalized spacial score (nSPS) is 11.1. The van der Waals surface area contributed by atoms with Crippen LogP contribution in [0.15, 0.2) is 23.1 Å². The third-order valence-electron chi connectivity index (χ3n) is 1.72. The predicted molar refractivity (Wildman–Crippen MR) is 54.6 cm³/mol. The van der Waals surface area contributed by atoms with Gasteiger partial charge in [0.2, 0.25) is 0 Å². The Balaban J connectivity index is 3.42. The third kappa shape index (κ3) is 2.60. The number of carbonyl (C=O) groups is 1. The van der Waals surface area contributed by atoms with E-state index in [4.69, 9.17) is 21.2 Å². The highest BCUT2D eigenvalue weighted by Gasteiger charge is 2.16. The minimum absolute atomic E-state index is 0.0285. The van der Waals surface area contributed by atoms with Crippen molar-refractivity contribution in [3.05, 3.63) is 23.8 Å². The summed E-state index contributed by atoms with van der Waals surface area (Å²) < 4.78 is 26.8. The zero-order valence-electron chi connectivity index (χ0n) is 7.73. The first kappa shape index (κ1) is 11.8. The van der Waals surface area contributed by atoms with Crippen LogP contribution in [0.1, 0.15) is 10.4 Å². The number of ether oxygens (including phenoxy) is 1. The molecular formula is C8H8ClNO4S. The second-order valence-electron chi connectivity index (χ2n) is 2.66. The van der Waals surface area contributed by atoms with Crippen molar-refractivity contribution >= 4 is 25.6 Å². The van der Waals surface area contributed by atoms with Crippen LogP contribution in [0.2, 0.25) is 0 Å². The van der Waals surface area contributed by atoms with Crippen LogP contribution >= 0.6 is 10.7 Å². The van der Waals surface area contributed by atoms with E-state index in [2.05, 4.69) is 0 Å². The predicted octanol–water partition coefficient (Wildman–Crippen LogP) is 0.722. The lowest BCUT2D eigenvalue weighted by Gasteiger charge is -2.06. The van der Waals surface area contributed by atoms with Crippen LogP contribution in [-0.2, 0) is 9.05 Å². The molecule has 5 nitrogen and oxygen atoms in total. The standard InChI is InChI=1S/C8H8ClNO4S/c1-14-7-3-2-5(15(9,12)13)4-6(7)8(10)11/h2-4H,1H3,(H2,10,11). The number of benzene rings is 1. The van der Waals surface area contributed by atoms with Crippen molar-refractivity contribution in [2.45, 2.75) is 4.90 Å². The molecule has 0 heterocycles. The number of rotatable bonds is 3. The van der Waals surface area contributed by atoms with Gasteiger partial charge in [-0.25, -0.2) is 8.42 Å². The quantitative estimate of drug-likeness (QED) is 0.800. The molecule has 0 aromatic heterocycles. The van der Waals surface area contributed by atoms with Gasteiger partial charge in [-0.05, 0) is 18.2 Å². The molecule has 0 radical (unpaired) electrons. The first-order valence-electron chi connectivity index (χ1n) is 3.78. The number of primary amides is 1. The van der Waals surface area contributed by atoms with Gasteiger partial charge >= 0.3 is 0 Å². The number of hydrogen-bond acceptors (Lipinski definition) is 4. The van der Waals surface area contributed by atoms with Gasteiger partial charge in [-0.15, -0.1) is 0 Å². The summed E-state index contributed by atoms with van der Waals surface area (Å²) in [7, 11) is 2.58. The molecule has 0 atom stereocenters. The number of hydrogen-bond donors (Lipinski definition) is 1. The summed E-state index contributed by atoms with van der Waals surface area (Å²) >= 11 is 0. The van der Waals surface area contributed by atoms with Gasteiger partial charge in [0.25, 0.3) is 15.0 Å². The molecule has 0 saturated carbocycles. The lowest BCUT2D eigenvalue weighted by atomic mass is 10.2. The Labute approximate surface area is 91.2 Å². The summed E-state index contributed by atoms with van der Waals surface area (Å²) in [6.07, 6.45) is 0. The van der Waals surface area contributed by atoms with Crippen LogP contribution in [0, 0.1) is 0 Å². The maximum absolute atomic E-state index is 11.0. The second kappa shape index (κ2) is 4.08. The molecule has 0 bridgehead atoms. The Kier molecular flexibility index (Phi) is 3.21. The zero-order valence-corrected chi connectivity index (χ0v) is 9.30. The van der Waals surface area contributed by atoms with Crippen LogP contribution in [0.25, 0.3) is 0 Å². The summed E-state index contributed by atoms with van der Waals surface area (Å²) in [6, 6.07) is 3.62. The molecule has 0 aliphatic heterocycles. The van der Waals surface area contributed by atoms with E-state index in [1.807, 2.05) is 0 Å². The molecular weight excluding hydrogens is 242 g/mol. The molecule has 2 N–H and O–H groups in total. The second-order valence-corrected chi connectivity index (χ2v) is 5.23. The fourth-order valence-corrected chi connectivity index (χ4v) is 1.81. The zero-order chi connectivity index (χ0) is 11.6. The van der Waals surface area contributed by atoms with E-state index in [0.29, 0.717) is 0 Å². The summed E-state index contributed by atoms with van der Waals surface area (Å²) in [5, 5.41) is 0. The average Bonchev–Trinajstić information content (AvgIpc) is 2.15. The van der Waals surface area contributed by atoms with E-state index in [-0.39, 0.29) is 16.2 Å². The van der Waals surface area contributed by atoms with E-state index < -0.39 is 15.0 Å². The van der Waals surface area contributed by atoms with Crippen molar-refractivity contribution in [2.24, 2.45) is 5.73 Å². The monoisotopic (exact) mass is 249 g/mol. The Morgan fingerprint density at radius 2 is 2.07 bits per heavy atom. The Hall–Kier alpha value is -1.27. The van der Waals surface area contributed by atoms with E-state index >= 15 is 0 Å². The lowest BCUT2D eigenvalue weighted by Crippen LogP contribution is -2.13. The topological polar surface area (TPSA) is 86.5 Å². The molecule has 0 spiro atoms. The Morgan fingerprint density at radius 3 is 2.47 bits per heavy atom. The molecule has 1 amide bonds. The van der Waals surface area contributed by atoms with Crippen molar-refractivity contribution in [1.82, 2.24) is 0 Å². The van der Waals surface area contributed by atoms with Gasteiger partial charge in [-0.1, -0.05) is 0 Å². The highest BCUT2D eigenvalue weighted by Crippen LogP contribution is 2.23. The van der Waals surface area contributed by atoms with Crippen molar-refractivity contribution < 1.29 is 17.9 Å². The van der Waals surface area contributed by atoms with Crippen molar-refractivity contribution in [3.8, 4) is 5.75 Å². The molecule has 0 aliphatic rings. The fraction of sp³-hybridized carbons (Fsp3) is 0.125. The SMILES string of the molecule is COc1ccc(S(=O)(=O)Cl)cc1C(N)=O. The summed E-state index contributed by atoms with van der Waals surface area (Å²) in [6.45, 7) is 0. The van der Waals surface area contributed by atoms with Gasteiger partial charge in [-0.2, -0.15) is 0 Å². The van der Waals surface area contributed by atoms with E-state index in [9.17, 15) is 13.2 Å². The van der Waals surface area contributed by atoms with Crippen LogP contribution in [-0.4, -0.2) is 21.4 Å². The van der Waals surface area contributed by atoms with Crippen LogP contribution in [0.3, 0.4) is 0 Å². The fourth-order valence-electron chi connectivity index (χ4n) is 1.03. The Morgan fingerprint density at radius 1 is 1.47 bits per heavy atom. The first-order chi connectivity index (χ1) is 6.86. The summed E-state index contributed by atoms with van der Waals surface area (Å²) in [5.74, 6) is -0.583. The number of nitrogens with two attached hydrogens (primary N) is 1. The molecule has 0 aliphatic carbocycles. The van der Waals surface area contributed by atoms with E-state index in [1.165, 1.54) is 19.2 Å². The molecule has 0 fully saturated rings. The highest BCUT2D eigenvalue weighted by atomic mass is 35.7. The smallest absolute Gasteiger partial charge is 0.261 e. The van der Waals surface area contributed by atoms with Gasteiger partial charge in [0.1, 0.15) is 5.75 Å². The summed E-state index contributed by atoms with van der Waals surface area (Å²) in [4.78, 5) is 10.8. The van der Waals surface area contributed by atoms with Crippen molar-refractivity contribution in [2.75, 3.05) is 7.11 Å². The van der Waals surface area contributed by atoms with Gasteiger partial charge in [0.15, 0.2) is 0 Å². The first-order valence-corrected chi connectivity index (χ1v) is 6.09. The Bertz CT molecular complexity index is 497. The van der Waals surface area contributed by atoms with E-state index in [1.54, 1.807) is 0 Å². The lowest BCUT2D eigenvalue weighted by molar-refractivity contribution is 0.0997. The molecule has 1 rings (SSSR count). The van der Waals surface area contributed by atoms with Crippen LogP contribution < -0.4 is 10.5 Å². The van der Waals surface area contributed by atoms with Gasteiger partial charge < -0.3 is 10.5 Å². The minimum atomic E-state index is -3.87. The number of amides is 1. The summed E-state index contributed by atoms with van der Waals surface area (Å²) in [5.41, 5.74) is 5.02. The number of halogens is 1. The largest absolute Gasteiger partial charge is 0.496 e. The van der Waals surface area contributed by atoms with Crippen LogP contribution in [0.4, 0.5) is 0 Å². The molecule has 7 heteroatoms. The molecule has 82 valence electrons. The molecule has 0 saturated heterocycles. The van der Waals surface area contributed by atoms with Crippen LogP contribution in [0.5, 0.6) is 5.75 Å². The molecule has 15 heavy (non-hydrogen) atoms. The van der Waals surface area contributed by atoms with Gasteiger partial charge in [0, 0.05) is 10.7 Å². The highest BCUT2D eigenvalue weighted by molar-refractivity contribution is 8.13.